The van der Waals surface area contributed by atoms with Crippen LogP contribution in [0.4, 0.5) is 0 Å². The van der Waals surface area contributed by atoms with Gasteiger partial charge in [-0.3, -0.25) is 9.59 Å². The minimum Gasteiger partial charge on any atom is -0.481 e. The zero-order chi connectivity index (χ0) is 12.6. The lowest BCUT2D eigenvalue weighted by molar-refractivity contribution is -0.146. The SMILES string of the molecule is CC1CC(C(=O)O)C(C(=O)NCC2(C)CC2)C1. The molecule has 2 aliphatic carbocycles. The van der Waals surface area contributed by atoms with E-state index in [1.54, 1.807) is 0 Å². The minimum atomic E-state index is -0.827. The molecule has 0 aliphatic heterocycles. The Morgan fingerprint density at radius 2 is 1.88 bits per heavy atom. The van der Waals surface area contributed by atoms with Gasteiger partial charge in [-0.15, -0.1) is 0 Å². The van der Waals surface area contributed by atoms with E-state index >= 15 is 0 Å². The molecule has 96 valence electrons. The Labute approximate surface area is 102 Å². The predicted octanol–water partition coefficient (Wildman–Crippen LogP) is 1.65. The Morgan fingerprint density at radius 1 is 1.29 bits per heavy atom. The lowest BCUT2D eigenvalue weighted by Crippen LogP contribution is -2.37. The third-order valence-corrected chi connectivity index (χ3v) is 4.25. The van der Waals surface area contributed by atoms with Crippen LogP contribution in [0.1, 0.15) is 39.5 Å². The van der Waals surface area contributed by atoms with Gasteiger partial charge in [-0.1, -0.05) is 13.8 Å². The topological polar surface area (TPSA) is 66.4 Å². The molecule has 1 amide bonds. The zero-order valence-corrected chi connectivity index (χ0v) is 10.5. The first kappa shape index (κ1) is 12.4. The van der Waals surface area contributed by atoms with E-state index in [2.05, 4.69) is 12.2 Å². The molecule has 0 radical (unpaired) electrons. The van der Waals surface area contributed by atoms with Gasteiger partial charge >= 0.3 is 5.97 Å². The highest BCUT2D eigenvalue weighted by Gasteiger charge is 2.43. The Bertz CT molecular complexity index is 336. The van der Waals surface area contributed by atoms with Crippen molar-refractivity contribution in [3.05, 3.63) is 0 Å². The maximum absolute atomic E-state index is 12.0. The molecular formula is C13H21NO3. The van der Waals surface area contributed by atoms with Crippen molar-refractivity contribution in [2.75, 3.05) is 6.54 Å². The van der Waals surface area contributed by atoms with Crippen LogP contribution in [-0.2, 0) is 9.59 Å². The van der Waals surface area contributed by atoms with Crippen LogP contribution in [0.15, 0.2) is 0 Å². The third kappa shape index (κ3) is 2.79. The number of aliphatic carboxylic acids is 1. The highest BCUT2D eigenvalue weighted by Crippen LogP contribution is 2.44. The van der Waals surface area contributed by atoms with Crippen molar-refractivity contribution in [3.63, 3.8) is 0 Å². The summed E-state index contributed by atoms with van der Waals surface area (Å²) in [5, 5.41) is 12.0. The van der Waals surface area contributed by atoms with Crippen molar-refractivity contribution < 1.29 is 14.7 Å². The van der Waals surface area contributed by atoms with Gasteiger partial charge in [0.05, 0.1) is 11.8 Å². The molecule has 3 atom stereocenters. The molecule has 0 aromatic carbocycles. The molecular weight excluding hydrogens is 218 g/mol. The summed E-state index contributed by atoms with van der Waals surface area (Å²) in [4.78, 5) is 23.1. The number of hydrogen-bond donors (Lipinski definition) is 2. The summed E-state index contributed by atoms with van der Waals surface area (Å²) in [6, 6.07) is 0. The second kappa shape index (κ2) is 4.31. The summed E-state index contributed by atoms with van der Waals surface area (Å²) in [6.45, 7) is 4.87. The number of carboxylic acids is 1. The van der Waals surface area contributed by atoms with Crippen LogP contribution in [0, 0.1) is 23.2 Å². The first-order chi connectivity index (χ1) is 7.91. The summed E-state index contributed by atoms with van der Waals surface area (Å²) in [7, 11) is 0. The van der Waals surface area contributed by atoms with Gasteiger partial charge in [-0.25, -0.2) is 0 Å². The second-order valence-corrected chi connectivity index (χ2v) is 6.16. The normalized spacial score (nSPS) is 34.4. The van der Waals surface area contributed by atoms with Crippen molar-refractivity contribution in [2.24, 2.45) is 23.2 Å². The smallest absolute Gasteiger partial charge is 0.307 e. The lowest BCUT2D eigenvalue weighted by atomic mass is 9.95. The molecule has 0 aromatic heterocycles. The van der Waals surface area contributed by atoms with Gasteiger partial charge in [0.25, 0.3) is 0 Å². The highest BCUT2D eigenvalue weighted by atomic mass is 16.4. The fraction of sp³-hybridized carbons (Fsp3) is 0.846. The molecule has 2 saturated carbocycles. The Morgan fingerprint density at radius 3 is 2.41 bits per heavy atom. The van der Waals surface area contributed by atoms with E-state index in [9.17, 15) is 9.59 Å². The molecule has 2 fully saturated rings. The highest BCUT2D eigenvalue weighted by molar-refractivity contribution is 5.85. The van der Waals surface area contributed by atoms with E-state index in [0.29, 0.717) is 25.3 Å². The lowest BCUT2D eigenvalue weighted by Gasteiger charge is -2.17. The summed E-state index contributed by atoms with van der Waals surface area (Å²) in [5.41, 5.74) is 0.276. The fourth-order valence-corrected chi connectivity index (χ4v) is 2.68. The monoisotopic (exact) mass is 239 g/mol. The molecule has 2 rings (SSSR count). The second-order valence-electron chi connectivity index (χ2n) is 6.16. The van der Waals surface area contributed by atoms with E-state index < -0.39 is 11.9 Å². The molecule has 4 heteroatoms. The standard InChI is InChI=1S/C13H21NO3/c1-8-5-9(10(6-8)12(16)17)11(15)14-7-13(2)3-4-13/h8-10H,3-7H2,1-2H3,(H,14,15)(H,16,17). The summed E-state index contributed by atoms with van der Waals surface area (Å²) < 4.78 is 0. The van der Waals surface area contributed by atoms with Crippen LogP contribution in [0.3, 0.4) is 0 Å². The molecule has 17 heavy (non-hydrogen) atoms. The molecule has 4 nitrogen and oxygen atoms in total. The van der Waals surface area contributed by atoms with Crippen LogP contribution >= 0.6 is 0 Å². The number of amides is 1. The van der Waals surface area contributed by atoms with Crippen molar-refractivity contribution >= 4 is 11.9 Å². The average molecular weight is 239 g/mol. The van der Waals surface area contributed by atoms with Gasteiger partial charge < -0.3 is 10.4 Å². The molecule has 0 aromatic rings. The van der Waals surface area contributed by atoms with Crippen molar-refractivity contribution in [2.45, 2.75) is 39.5 Å². The molecule has 0 heterocycles. The first-order valence-electron chi connectivity index (χ1n) is 6.42. The Balaban J connectivity index is 1.90. The van der Waals surface area contributed by atoms with Gasteiger partial charge in [0.15, 0.2) is 0 Å². The fourth-order valence-electron chi connectivity index (χ4n) is 2.68. The van der Waals surface area contributed by atoms with Crippen LogP contribution in [0.25, 0.3) is 0 Å². The molecule has 0 saturated heterocycles. The molecule has 2 N–H and O–H groups in total. The third-order valence-electron chi connectivity index (χ3n) is 4.25. The molecule has 2 aliphatic rings. The van der Waals surface area contributed by atoms with E-state index in [4.69, 9.17) is 5.11 Å². The molecule has 0 bridgehead atoms. The summed E-state index contributed by atoms with van der Waals surface area (Å²) in [6.07, 6.45) is 3.66. The summed E-state index contributed by atoms with van der Waals surface area (Å²) >= 11 is 0. The average Bonchev–Trinajstić information content (AvgIpc) is 2.85. The van der Waals surface area contributed by atoms with E-state index in [-0.39, 0.29) is 17.2 Å². The van der Waals surface area contributed by atoms with Crippen molar-refractivity contribution in [1.29, 1.82) is 0 Å². The molecule has 3 unspecified atom stereocenters. The van der Waals surface area contributed by atoms with Gasteiger partial charge in [0, 0.05) is 6.54 Å². The number of carbonyl (C=O) groups is 2. The largest absolute Gasteiger partial charge is 0.481 e. The van der Waals surface area contributed by atoms with E-state index in [1.807, 2.05) is 6.92 Å². The number of rotatable bonds is 4. The zero-order valence-electron chi connectivity index (χ0n) is 10.5. The number of hydrogen-bond acceptors (Lipinski definition) is 2. The van der Waals surface area contributed by atoms with Gasteiger partial charge in [-0.05, 0) is 37.0 Å². The number of nitrogens with one attached hydrogen (secondary N) is 1. The van der Waals surface area contributed by atoms with Crippen LogP contribution in [0.2, 0.25) is 0 Å². The van der Waals surface area contributed by atoms with Crippen molar-refractivity contribution in [3.8, 4) is 0 Å². The van der Waals surface area contributed by atoms with E-state index in [0.717, 1.165) is 12.8 Å². The summed E-state index contributed by atoms with van der Waals surface area (Å²) in [5.74, 6) is -1.37. The Kier molecular flexibility index (Phi) is 3.15. The van der Waals surface area contributed by atoms with Crippen LogP contribution < -0.4 is 5.32 Å². The number of carboxylic acid groups (broad SMARTS) is 1. The van der Waals surface area contributed by atoms with E-state index in [1.165, 1.54) is 0 Å². The maximum atomic E-state index is 12.0. The first-order valence-corrected chi connectivity index (χ1v) is 6.42. The van der Waals surface area contributed by atoms with Gasteiger partial charge in [0.1, 0.15) is 0 Å². The quantitative estimate of drug-likeness (QED) is 0.784. The van der Waals surface area contributed by atoms with Gasteiger partial charge in [-0.2, -0.15) is 0 Å². The van der Waals surface area contributed by atoms with Crippen molar-refractivity contribution in [1.82, 2.24) is 5.32 Å². The Hall–Kier alpha value is -1.06. The van der Waals surface area contributed by atoms with Crippen LogP contribution in [-0.4, -0.2) is 23.5 Å². The van der Waals surface area contributed by atoms with Crippen LogP contribution in [0.5, 0.6) is 0 Å². The number of carbonyl (C=O) groups excluding carboxylic acids is 1. The maximum Gasteiger partial charge on any atom is 0.307 e. The predicted molar refractivity (Wildman–Crippen MR) is 63.4 cm³/mol. The van der Waals surface area contributed by atoms with Gasteiger partial charge in [0.2, 0.25) is 5.91 Å². The molecule has 0 spiro atoms. The minimum absolute atomic E-state index is 0.0603.